The molecule has 2 rings (SSSR count). The highest BCUT2D eigenvalue weighted by Crippen LogP contribution is 2.08. The molecule has 0 aliphatic carbocycles. The summed E-state index contributed by atoms with van der Waals surface area (Å²) in [6, 6.07) is 10.6. The minimum Gasteiger partial charge on any atom is -0.364 e. The molecule has 18 heavy (non-hydrogen) atoms. The molecule has 0 spiro atoms. The van der Waals surface area contributed by atoms with Crippen molar-refractivity contribution in [2.75, 3.05) is 0 Å². The summed E-state index contributed by atoms with van der Waals surface area (Å²) in [6.45, 7) is 0. The normalized spacial score (nSPS) is 9.72. The van der Waals surface area contributed by atoms with Crippen molar-refractivity contribution >= 4 is 5.91 Å². The molecule has 2 heterocycles. The van der Waals surface area contributed by atoms with Crippen molar-refractivity contribution in [2.45, 2.75) is 6.42 Å². The van der Waals surface area contributed by atoms with Crippen LogP contribution in [0.1, 0.15) is 27.4 Å². The standard InChI is InChI=1S/C13H10N4O/c14-8-11-3-1-2-10(17-11)6-9-4-5-16-12(7-9)13(15)18/h1-5,7H,6H2,(H2,15,18). The number of aromatic nitrogens is 2. The van der Waals surface area contributed by atoms with E-state index < -0.39 is 5.91 Å². The van der Waals surface area contributed by atoms with Gasteiger partial charge in [0.1, 0.15) is 17.5 Å². The molecule has 0 saturated heterocycles. The number of hydrogen-bond donors (Lipinski definition) is 1. The zero-order chi connectivity index (χ0) is 13.0. The fourth-order valence-corrected chi connectivity index (χ4v) is 1.57. The van der Waals surface area contributed by atoms with Gasteiger partial charge in [-0.3, -0.25) is 9.78 Å². The van der Waals surface area contributed by atoms with Crippen molar-refractivity contribution in [3.05, 3.63) is 59.2 Å². The topological polar surface area (TPSA) is 92.7 Å². The SMILES string of the molecule is N#Cc1cccc(Cc2ccnc(C(N)=O)c2)n1. The molecule has 2 N–H and O–H groups in total. The van der Waals surface area contributed by atoms with Gasteiger partial charge in [-0.1, -0.05) is 6.07 Å². The lowest BCUT2D eigenvalue weighted by atomic mass is 10.1. The second-order valence-corrected chi connectivity index (χ2v) is 3.72. The first-order valence-corrected chi connectivity index (χ1v) is 5.30. The van der Waals surface area contributed by atoms with Crippen LogP contribution in [0.2, 0.25) is 0 Å². The Balaban J connectivity index is 2.26. The zero-order valence-corrected chi connectivity index (χ0v) is 9.50. The predicted octanol–water partition coefficient (Wildman–Crippen LogP) is 1.04. The Labute approximate surface area is 104 Å². The molecule has 5 nitrogen and oxygen atoms in total. The minimum atomic E-state index is -0.560. The van der Waals surface area contributed by atoms with Gasteiger partial charge in [-0.05, 0) is 29.8 Å². The first kappa shape index (κ1) is 11.7. The number of carbonyl (C=O) groups excluding carboxylic acids is 1. The first-order valence-electron chi connectivity index (χ1n) is 5.30. The molecule has 2 aromatic rings. The van der Waals surface area contributed by atoms with Crippen LogP contribution in [-0.2, 0) is 6.42 Å². The van der Waals surface area contributed by atoms with E-state index in [0.29, 0.717) is 12.1 Å². The Morgan fingerprint density at radius 2 is 2.22 bits per heavy atom. The van der Waals surface area contributed by atoms with Gasteiger partial charge in [0, 0.05) is 18.3 Å². The molecular formula is C13H10N4O. The predicted molar refractivity (Wildman–Crippen MR) is 64.5 cm³/mol. The van der Waals surface area contributed by atoms with E-state index in [1.807, 2.05) is 12.1 Å². The zero-order valence-electron chi connectivity index (χ0n) is 9.50. The largest absolute Gasteiger partial charge is 0.364 e. The summed E-state index contributed by atoms with van der Waals surface area (Å²) in [6.07, 6.45) is 2.06. The van der Waals surface area contributed by atoms with Gasteiger partial charge in [0.15, 0.2) is 0 Å². The van der Waals surface area contributed by atoms with E-state index in [1.165, 1.54) is 6.20 Å². The van der Waals surface area contributed by atoms with Gasteiger partial charge in [0.05, 0.1) is 0 Å². The molecule has 0 atom stereocenters. The van der Waals surface area contributed by atoms with Gasteiger partial charge in [-0.15, -0.1) is 0 Å². The van der Waals surface area contributed by atoms with E-state index in [9.17, 15) is 4.79 Å². The number of amides is 1. The van der Waals surface area contributed by atoms with Gasteiger partial charge >= 0.3 is 0 Å². The molecule has 0 aromatic carbocycles. The number of primary amides is 1. The second-order valence-electron chi connectivity index (χ2n) is 3.72. The average molecular weight is 238 g/mol. The highest BCUT2D eigenvalue weighted by Gasteiger charge is 2.04. The summed E-state index contributed by atoms with van der Waals surface area (Å²) in [5.74, 6) is -0.560. The summed E-state index contributed by atoms with van der Waals surface area (Å²) in [5.41, 5.74) is 7.40. The van der Waals surface area contributed by atoms with E-state index >= 15 is 0 Å². The maximum atomic E-state index is 11.0. The summed E-state index contributed by atoms with van der Waals surface area (Å²) in [7, 11) is 0. The van der Waals surface area contributed by atoms with Crippen LogP contribution in [0.25, 0.3) is 0 Å². The molecule has 2 aromatic heterocycles. The highest BCUT2D eigenvalue weighted by atomic mass is 16.1. The number of nitrogens with zero attached hydrogens (tertiary/aromatic N) is 3. The third-order valence-corrected chi connectivity index (χ3v) is 2.38. The van der Waals surface area contributed by atoms with Gasteiger partial charge in [0.2, 0.25) is 0 Å². The van der Waals surface area contributed by atoms with Crippen molar-refractivity contribution in [3.8, 4) is 6.07 Å². The maximum Gasteiger partial charge on any atom is 0.267 e. The Kier molecular flexibility index (Phi) is 3.30. The van der Waals surface area contributed by atoms with E-state index in [2.05, 4.69) is 9.97 Å². The van der Waals surface area contributed by atoms with Crippen molar-refractivity contribution in [1.82, 2.24) is 9.97 Å². The van der Waals surface area contributed by atoms with Crippen LogP contribution >= 0.6 is 0 Å². The maximum absolute atomic E-state index is 11.0. The molecule has 0 radical (unpaired) electrons. The van der Waals surface area contributed by atoms with E-state index in [-0.39, 0.29) is 5.69 Å². The van der Waals surface area contributed by atoms with Crippen LogP contribution in [0.3, 0.4) is 0 Å². The number of hydrogen-bond acceptors (Lipinski definition) is 4. The summed E-state index contributed by atoms with van der Waals surface area (Å²) < 4.78 is 0. The molecular weight excluding hydrogens is 228 g/mol. The number of nitriles is 1. The second kappa shape index (κ2) is 5.06. The Bertz CT molecular complexity index is 631. The number of nitrogens with two attached hydrogens (primary N) is 1. The van der Waals surface area contributed by atoms with Crippen molar-refractivity contribution < 1.29 is 4.79 Å². The van der Waals surface area contributed by atoms with E-state index in [1.54, 1.807) is 24.3 Å². The van der Waals surface area contributed by atoms with Gasteiger partial charge in [-0.25, -0.2) is 4.98 Å². The highest BCUT2D eigenvalue weighted by molar-refractivity contribution is 5.90. The van der Waals surface area contributed by atoms with Gasteiger partial charge < -0.3 is 5.73 Å². The molecule has 5 heteroatoms. The Morgan fingerprint density at radius 1 is 1.39 bits per heavy atom. The van der Waals surface area contributed by atoms with E-state index in [4.69, 9.17) is 11.0 Å². The summed E-state index contributed by atoms with van der Waals surface area (Å²) >= 11 is 0. The Morgan fingerprint density at radius 3 is 2.94 bits per heavy atom. The van der Waals surface area contributed by atoms with Crippen LogP contribution in [0.4, 0.5) is 0 Å². The van der Waals surface area contributed by atoms with Crippen LogP contribution < -0.4 is 5.73 Å². The van der Waals surface area contributed by atoms with Crippen LogP contribution in [0, 0.1) is 11.3 Å². The number of rotatable bonds is 3. The first-order chi connectivity index (χ1) is 8.69. The fraction of sp³-hybridized carbons (Fsp3) is 0.0769. The third-order valence-electron chi connectivity index (χ3n) is 2.38. The van der Waals surface area contributed by atoms with Crippen molar-refractivity contribution in [3.63, 3.8) is 0 Å². The van der Waals surface area contributed by atoms with Crippen molar-refractivity contribution in [2.24, 2.45) is 5.73 Å². The lowest BCUT2D eigenvalue weighted by molar-refractivity contribution is 0.0995. The third kappa shape index (κ3) is 2.68. The molecule has 0 aliphatic heterocycles. The fourth-order valence-electron chi connectivity index (χ4n) is 1.57. The molecule has 0 aliphatic rings. The smallest absolute Gasteiger partial charge is 0.267 e. The quantitative estimate of drug-likeness (QED) is 0.864. The molecule has 0 fully saturated rings. The molecule has 1 amide bonds. The number of pyridine rings is 2. The lowest BCUT2D eigenvalue weighted by Gasteiger charge is -2.02. The summed E-state index contributed by atoms with van der Waals surface area (Å²) in [4.78, 5) is 19.0. The monoisotopic (exact) mass is 238 g/mol. The minimum absolute atomic E-state index is 0.226. The molecule has 0 unspecified atom stereocenters. The number of carbonyl (C=O) groups is 1. The lowest BCUT2D eigenvalue weighted by Crippen LogP contribution is -2.13. The van der Waals surface area contributed by atoms with Gasteiger partial charge in [0.25, 0.3) is 5.91 Å². The molecule has 88 valence electrons. The van der Waals surface area contributed by atoms with Crippen molar-refractivity contribution in [1.29, 1.82) is 5.26 Å². The van der Waals surface area contributed by atoms with E-state index in [0.717, 1.165) is 11.3 Å². The van der Waals surface area contributed by atoms with Gasteiger partial charge in [-0.2, -0.15) is 5.26 Å². The summed E-state index contributed by atoms with van der Waals surface area (Å²) in [5, 5.41) is 8.76. The molecule has 0 bridgehead atoms. The Hall–Kier alpha value is -2.74. The van der Waals surface area contributed by atoms with Crippen LogP contribution in [0.15, 0.2) is 36.5 Å². The van der Waals surface area contributed by atoms with Crippen LogP contribution in [0.5, 0.6) is 0 Å². The van der Waals surface area contributed by atoms with Crippen LogP contribution in [-0.4, -0.2) is 15.9 Å². The average Bonchev–Trinajstić information content (AvgIpc) is 2.39. The molecule has 0 saturated carbocycles.